The zero-order chi connectivity index (χ0) is 31.0. The Bertz CT molecular complexity index is 1510. The van der Waals surface area contributed by atoms with Gasteiger partial charge in [-0.25, -0.2) is 13.1 Å². The van der Waals surface area contributed by atoms with Crippen LogP contribution in [-0.4, -0.2) is 45.2 Å². The quantitative estimate of drug-likeness (QED) is 0.306. The largest absolute Gasteiger partial charge is 0.490 e. The zero-order valence-corrected chi connectivity index (χ0v) is 26.7. The number of carbonyl (C=O) groups excluding carboxylic acids is 1. The highest BCUT2D eigenvalue weighted by Crippen LogP contribution is 2.47. The molecule has 0 saturated heterocycles. The number of nitrogens with zero attached hydrogens (tertiary/aromatic N) is 1. The fourth-order valence-electron chi connectivity index (χ4n) is 6.89. The number of halogens is 1. The third kappa shape index (κ3) is 6.38. The molecule has 7 nitrogen and oxygen atoms in total. The summed E-state index contributed by atoms with van der Waals surface area (Å²) in [5.74, 6) is 0.372. The average molecular weight is 627 g/mol. The molecule has 4 atom stereocenters. The van der Waals surface area contributed by atoms with Crippen LogP contribution in [0.15, 0.2) is 66.6 Å². The van der Waals surface area contributed by atoms with Crippen LogP contribution in [-0.2, 0) is 26.7 Å². The lowest BCUT2D eigenvalue weighted by Crippen LogP contribution is -2.49. The minimum Gasteiger partial charge on any atom is -0.490 e. The van der Waals surface area contributed by atoms with E-state index in [0.717, 1.165) is 32.1 Å². The second-order valence-corrected chi connectivity index (χ2v) is 15.2. The van der Waals surface area contributed by atoms with E-state index in [0.29, 0.717) is 49.0 Å². The summed E-state index contributed by atoms with van der Waals surface area (Å²) >= 11 is 6.38. The van der Waals surface area contributed by atoms with Gasteiger partial charge in [-0.2, -0.15) is 0 Å². The van der Waals surface area contributed by atoms with Crippen LogP contribution < -0.4 is 14.4 Å². The van der Waals surface area contributed by atoms with Gasteiger partial charge in [0, 0.05) is 28.9 Å². The van der Waals surface area contributed by atoms with Crippen LogP contribution in [0, 0.1) is 17.3 Å². The molecule has 0 bridgehead atoms. The van der Waals surface area contributed by atoms with Crippen LogP contribution in [0.5, 0.6) is 5.75 Å². The van der Waals surface area contributed by atoms with Gasteiger partial charge in [-0.3, -0.25) is 4.79 Å². The Hall–Kier alpha value is -2.81. The number of benzene rings is 2. The van der Waals surface area contributed by atoms with E-state index in [-0.39, 0.29) is 22.1 Å². The topological polar surface area (TPSA) is 95.9 Å². The van der Waals surface area contributed by atoms with Crippen molar-refractivity contribution in [2.75, 3.05) is 24.6 Å². The molecule has 43 heavy (non-hydrogen) atoms. The minimum absolute atomic E-state index is 0.00998. The van der Waals surface area contributed by atoms with E-state index >= 15 is 0 Å². The molecule has 5 rings (SSSR count). The lowest BCUT2D eigenvalue weighted by atomic mass is 9.68. The van der Waals surface area contributed by atoms with Crippen LogP contribution in [0.4, 0.5) is 5.69 Å². The first-order valence-electron chi connectivity index (χ1n) is 15.2. The van der Waals surface area contributed by atoms with Crippen molar-refractivity contribution in [2.24, 2.45) is 17.3 Å². The number of ether oxygens (including phenoxy) is 1. The van der Waals surface area contributed by atoms with E-state index in [2.05, 4.69) is 28.8 Å². The molecule has 1 amide bonds. The van der Waals surface area contributed by atoms with E-state index < -0.39 is 27.4 Å². The van der Waals surface area contributed by atoms with Gasteiger partial charge >= 0.3 is 0 Å². The normalized spacial score (nSPS) is 24.0. The molecule has 2 aliphatic carbocycles. The summed E-state index contributed by atoms with van der Waals surface area (Å²) in [6.07, 6.45) is 8.58. The van der Waals surface area contributed by atoms with Gasteiger partial charge in [0.1, 0.15) is 5.75 Å². The Morgan fingerprint density at radius 1 is 1.26 bits per heavy atom. The monoisotopic (exact) mass is 626 g/mol. The Kier molecular flexibility index (Phi) is 9.04. The summed E-state index contributed by atoms with van der Waals surface area (Å²) in [5.41, 5.74) is 1.94. The van der Waals surface area contributed by atoms with Crippen LogP contribution in [0.25, 0.3) is 0 Å². The van der Waals surface area contributed by atoms with Gasteiger partial charge in [0.15, 0.2) is 0 Å². The molecule has 1 saturated carbocycles. The molecule has 232 valence electrons. The molecule has 1 spiro atoms. The molecule has 1 heterocycles. The number of aryl methyl sites for hydroxylation is 1. The summed E-state index contributed by atoms with van der Waals surface area (Å²) in [6, 6.07) is 10.9. The highest BCUT2D eigenvalue weighted by Gasteiger charge is 2.44. The standard InChI is InChI=1S/C34H43ClN2O5S/c1-5-7-16-33(3,4)32(39)36-43(40,41)26-12-15-31-29(19-26)37(20-24-10-13-27(24)30(38)6-2)21-34(22-42-31)17-8-9-23-18-25(35)11-14-28(23)34/h5-6,11-12,14-15,18-19,24,27,30,38H,1-2,7-10,13,16-17,20-22H2,3-4H3,(H,36,39)/t24-,27+,30-,34-/m0/s1. The van der Waals surface area contributed by atoms with Crippen LogP contribution in [0.1, 0.15) is 63.5 Å². The predicted octanol–water partition coefficient (Wildman–Crippen LogP) is 6.18. The number of hydrogen-bond acceptors (Lipinski definition) is 6. The maximum absolute atomic E-state index is 13.5. The van der Waals surface area contributed by atoms with Gasteiger partial charge in [0.05, 0.1) is 23.3 Å². The summed E-state index contributed by atoms with van der Waals surface area (Å²) in [7, 11) is -4.15. The van der Waals surface area contributed by atoms with Crippen LogP contribution >= 0.6 is 11.6 Å². The van der Waals surface area contributed by atoms with Crippen LogP contribution in [0.3, 0.4) is 0 Å². The molecule has 1 fully saturated rings. The van der Waals surface area contributed by atoms with Gasteiger partial charge in [0.25, 0.3) is 10.0 Å². The summed E-state index contributed by atoms with van der Waals surface area (Å²) < 4.78 is 35.9. The van der Waals surface area contributed by atoms with Crippen molar-refractivity contribution in [3.8, 4) is 5.75 Å². The highest BCUT2D eigenvalue weighted by molar-refractivity contribution is 7.90. The SMILES string of the molecule is C=CCCC(C)(C)C(=O)NS(=O)(=O)c1ccc2c(c1)N(C[C@@H]1CC[C@H]1[C@@H](O)C=C)C[C@@]1(CCCc3cc(Cl)ccc31)CO2. The molecule has 3 aliphatic rings. The molecular weight excluding hydrogens is 584 g/mol. The lowest BCUT2D eigenvalue weighted by molar-refractivity contribution is -0.127. The average Bonchev–Trinajstić information content (AvgIpc) is 3.10. The summed E-state index contributed by atoms with van der Waals surface area (Å²) in [4.78, 5) is 15.3. The van der Waals surface area contributed by atoms with E-state index in [1.165, 1.54) is 17.2 Å². The number of aliphatic hydroxyl groups excluding tert-OH is 1. The van der Waals surface area contributed by atoms with Gasteiger partial charge in [-0.1, -0.05) is 43.7 Å². The fraction of sp³-hybridized carbons (Fsp3) is 0.500. The minimum atomic E-state index is -4.15. The predicted molar refractivity (Wildman–Crippen MR) is 171 cm³/mol. The van der Waals surface area contributed by atoms with Crippen molar-refractivity contribution in [3.05, 3.63) is 77.9 Å². The van der Waals surface area contributed by atoms with Crippen molar-refractivity contribution < 1.29 is 23.1 Å². The van der Waals surface area contributed by atoms with Gasteiger partial charge < -0.3 is 14.7 Å². The number of anilines is 1. The van der Waals surface area contributed by atoms with Gasteiger partial charge in [0.2, 0.25) is 5.91 Å². The van der Waals surface area contributed by atoms with E-state index in [9.17, 15) is 18.3 Å². The number of allylic oxidation sites excluding steroid dienone is 1. The summed E-state index contributed by atoms with van der Waals surface area (Å²) in [5, 5.41) is 11.3. The van der Waals surface area contributed by atoms with Crippen molar-refractivity contribution in [1.29, 1.82) is 0 Å². The third-order valence-electron chi connectivity index (χ3n) is 9.75. The maximum Gasteiger partial charge on any atom is 0.264 e. The number of rotatable bonds is 10. The van der Waals surface area contributed by atoms with E-state index in [1.54, 1.807) is 38.1 Å². The lowest BCUT2D eigenvalue weighted by Gasteiger charge is -2.45. The Labute approximate surface area is 261 Å². The second kappa shape index (κ2) is 12.3. The Morgan fingerprint density at radius 2 is 2.05 bits per heavy atom. The van der Waals surface area contributed by atoms with Crippen LogP contribution in [0.2, 0.25) is 5.02 Å². The second-order valence-electron chi connectivity index (χ2n) is 13.1. The fourth-order valence-corrected chi connectivity index (χ4v) is 8.23. The van der Waals surface area contributed by atoms with Gasteiger partial charge in [-0.15, -0.1) is 13.2 Å². The van der Waals surface area contributed by atoms with Crippen molar-refractivity contribution >= 4 is 33.2 Å². The number of nitrogens with one attached hydrogen (secondary N) is 1. The molecule has 0 radical (unpaired) electrons. The first-order valence-corrected chi connectivity index (χ1v) is 17.0. The Morgan fingerprint density at radius 3 is 2.74 bits per heavy atom. The molecule has 2 aromatic rings. The molecule has 9 heteroatoms. The van der Waals surface area contributed by atoms with E-state index in [4.69, 9.17) is 16.3 Å². The van der Waals surface area contributed by atoms with E-state index in [1.807, 2.05) is 12.1 Å². The number of carbonyl (C=O) groups is 1. The highest BCUT2D eigenvalue weighted by atomic mass is 35.5. The molecule has 0 unspecified atom stereocenters. The smallest absolute Gasteiger partial charge is 0.264 e. The number of sulfonamides is 1. The maximum atomic E-state index is 13.5. The number of hydrogen-bond donors (Lipinski definition) is 2. The zero-order valence-electron chi connectivity index (χ0n) is 25.1. The summed E-state index contributed by atoms with van der Waals surface area (Å²) in [6.45, 7) is 12.7. The Balaban J connectivity index is 1.51. The number of fused-ring (bicyclic) bond motifs is 3. The third-order valence-corrected chi connectivity index (χ3v) is 11.3. The molecule has 2 aromatic carbocycles. The molecule has 0 aromatic heterocycles. The molecule has 1 aliphatic heterocycles. The van der Waals surface area contributed by atoms with Crippen molar-refractivity contribution in [2.45, 2.75) is 75.2 Å². The van der Waals surface area contributed by atoms with Crippen molar-refractivity contribution in [1.82, 2.24) is 4.72 Å². The number of amides is 1. The first kappa shape index (κ1) is 31.6. The first-order chi connectivity index (χ1) is 20.4. The van der Waals surface area contributed by atoms with Crippen molar-refractivity contribution in [3.63, 3.8) is 0 Å². The van der Waals surface area contributed by atoms with Gasteiger partial charge in [-0.05, 0) is 98.2 Å². The number of aliphatic hydroxyl groups is 1. The molecule has 2 N–H and O–H groups in total. The molecular formula is C34H43ClN2O5S.